The van der Waals surface area contributed by atoms with Crippen molar-refractivity contribution >= 4 is 41.4 Å². The number of benzene rings is 2. The Kier molecular flexibility index (Phi) is 10.8. The van der Waals surface area contributed by atoms with Crippen LogP contribution in [0.4, 0.5) is 10.5 Å². The minimum absolute atomic E-state index is 0.0838. The van der Waals surface area contributed by atoms with E-state index in [0.29, 0.717) is 16.8 Å². The number of nitrogens with one attached hydrogen (secondary N) is 4. The molecule has 0 unspecified atom stereocenters. The number of rotatable bonds is 13. The lowest BCUT2D eigenvalue weighted by Gasteiger charge is -2.33. The first-order valence-corrected chi connectivity index (χ1v) is 11.7. The fraction of sp³-hybridized carbons (Fsp3) is 0.280. The van der Waals surface area contributed by atoms with Crippen molar-refractivity contribution in [2.24, 2.45) is 22.2 Å². The predicted molar refractivity (Wildman–Crippen MR) is 143 cm³/mol. The van der Waals surface area contributed by atoms with Crippen molar-refractivity contribution in [2.45, 2.75) is 31.3 Å². The number of nitrogen functional groups attached to an aromatic ring is 1. The van der Waals surface area contributed by atoms with Gasteiger partial charge >= 0.3 is 12.1 Å². The smallest absolute Gasteiger partial charge is 0.407 e. The lowest BCUT2D eigenvalue weighted by Crippen LogP contribution is -2.61. The number of methoxy groups -OCH3 is 1. The number of hydrogen-bond donors (Lipinski definition) is 8. The van der Waals surface area contributed by atoms with Crippen LogP contribution in [0.2, 0.25) is 0 Å². The van der Waals surface area contributed by atoms with Crippen LogP contribution in [0, 0.1) is 5.41 Å². The summed E-state index contributed by atoms with van der Waals surface area (Å²) in [6, 6.07) is 13.2. The molecule has 0 saturated carbocycles. The van der Waals surface area contributed by atoms with Crippen molar-refractivity contribution in [3.05, 3.63) is 65.2 Å². The molecule has 0 radical (unpaired) electrons. The molecular weight excluding hydrogens is 508 g/mol. The third-order valence-corrected chi connectivity index (χ3v) is 5.56. The van der Waals surface area contributed by atoms with E-state index in [1.807, 2.05) is 0 Å². The van der Waals surface area contributed by atoms with Gasteiger partial charge in [0.2, 0.25) is 11.8 Å². The molecule has 2 aromatic carbocycles. The zero-order valence-corrected chi connectivity index (χ0v) is 21.3. The molecular formula is C25H32N8O6. The Balaban J connectivity index is 2.18. The number of nitrogens with zero attached hydrogens (tertiary/aromatic N) is 1. The van der Waals surface area contributed by atoms with Crippen LogP contribution >= 0.6 is 0 Å². The summed E-state index contributed by atoms with van der Waals surface area (Å²) in [6.45, 7) is -0.296. The van der Waals surface area contributed by atoms with E-state index < -0.39 is 42.4 Å². The predicted octanol–water partition coefficient (Wildman–Crippen LogP) is -0.190. The number of guanidine groups is 1. The molecule has 0 aromatic heterocycles. The number of carbonyl (C=O) groups is 4. The number of carboxylic acids is 1. The van der Waals surface area contributed by atoms with Crippen LogP contribution in [-0.2, 0) is 32.1 Å². The maximum Gasteiger partial charge on any atom is 0.407 e. The first kappa shape index (κ1) is 30.1. The van der Waals surface area contributed by atoms with E-state index in [-0.39, 0.29) is 31.2 Å². The number of alkyl carbamates (subject to hydrolysis) is 1. The second kappa shape index (κ2) is 14.0. The highest BCUT2D eigenvalue weighted by Gasteiger charge is 2.41. The van der Waals surface area contributed by atoms with Crippen LogP contribution in [0.5, 0.6) is 0 Å². The van der Waals surface area contributed by atoms with Gasteiger partial charge < -0.3 is 43.0 Å². The van der Waals surface area contributed by atoms with Gasteiger partial charge in [0.05, 0.1) is 19.3 Å². The van der Waals surface area contributed by atoms with Gasteiger partial charge in [-0.1, -0.05) is 30.3 Å². The lowest BCUT2D eigenvalue weighted by molar-refractivity contribution is -0.138. The average Bonchev–Trinajstić information content (AvgIpc) is 2.89. The van der Waals surface area contributed by atoms with E-state index in [2.05, 4.69) is 25.7 Å². The number of nitrogens with two attached hydrogens (primary N) is 3. The molecule has 0 spiro atoms. The zero-order chi connectivity index (χ0) is 29.0. The van der Waals surface area contributed by atoms with E-state index in [1.165, 1.54) is 0 Å². The average molecular weight is 541 g/mol. The maximum absolute atomic E-state index is 13.4. The van der Waals surface area contributed by atoms with Crippen molar-refractivity contribution in [3.63, 3.8) is 0 Å². The Morgan fingerprint density at radius 2 is 1.72 bits per heavy atom. The molecule has 0 aliphatic carbocycles. The summed E-state index contributed by atoms with van der Waals surface area (Å²) in [5, 5.41) is 24.5. The minimum Gasteiger partial charge on any atom is -0.481 e. The SMILES string of the molecule is COC(=O)N[C@](CCC(=O)O)(Cc1cccc(C(=N)N)c1)C(=O)NCC(=O)NCc1ccc(N=C(N)N)cc1. The molecule has 0 bridgehead atoms. The number of amidine groups is 1. The van der Waals surface area contributed by atoms with Crippen molar-refractivity contribution in [1.82, 2.24) is 16.0 Å². The molecule has 2 rings (SSSR count). The number of aliphatic carboxylic acids is 1. The fourth-order valence-electron chi connectivity index (χ4n) is 3.64. The molecule has 0 saturated heterocycles. The van der Waals surface area contributed by atoms with Gasteiger partial charge in [-0.2, -0.15) is 0 Å². The first-order chi connectivity index (χ1) is 18.4. The van der Waals surface area contributed by atoms with Crippen molar-refractivity contribution in [3.8, 4) is 0 Å². The summed E-state index contributed by atoms with van der Waals surface area (Å²) < 4.78 is 4.67. The Bertz CT molecular complexity index is 1240. The van der Waals surface area contributed by atoms with Gasteiger partial charge in [-0.3, -0.25) is 19.8 Å². The number of hydrogen-bond acceptors (Lipinski definition) is 7. The molecule has 39 heavy (non-hydrogen) atoms. The Labute approximate surface area is 224 Å². The van der Waals surface area contributed by atoms with E-state index in [0.717, 1.165) is 12.7 Å². The van der Waals surface area contributed by atoms with Gasteiger partial charge in [-0.05, 0) is 35.7 Å². The number of carbonyl (C=O) groups excluding carboxylic acids is 3. The molecule has 0 aliphatic heterocycles. The minimum atomic E-state index is -1.79. The molecule has 3 amide bonds. The molecule has 0 fully saturated rings. The van der Waals surface area contributed by atoms with Gasteiger partial charge in [-0.15, -0.1) is 0 Å². The van der Waals surface area contributed by atoms with Crippen LogP contribution in [0.25, 0.3) is 0 Å². The number of aliphatic imine (C=N–C) groups is 1. The van der Waals surface area contributed by atoms with Gasteiger partial charge in [-0.25, -0.2) is 9.79 Å². The van der Waals surface area contributed by atoms with Crippen molar-refractivity contribution in [2.75, 3.05) is 13.7 Å². The van der Waals surface area contributed by atoms with Crippen molar-refractivity contribution in [1.29, 1.82) is 5.41 Å². The van der Waals surface area contributed by atoms with Gasteiger partial charge in [0, 0.05) is 24.9 Å². The normalized spacial score (nSPS) is 11.8. The summed E-state index contributed by atoms with van der Waals surface area (Å²) in [4.78, 5) is 53.4. The molecule has 2 aromatic rings. The zero-order valence-electron chi connectivity index (χ0n) is 21.3. The van der Waals surface area contributed by atoms with Crippen LogP contribution in [0.15, 0.2) is 53.5 Å². The largest absolute Gasteiger partial charge is 0.481 e. The summed E-state index contributed by atoms with van der Waals surface area (Å²) >= 11 is 0. The molecule has 0 heterocycles. The second-order valence-corrected chi connectivity index (χ2v) is 8.55. The monoisotopic (exact) mass is 540 g/mol. The Morgan fingerprint density at radius 3 is 2.31 bits per heavy atom. The van der Waals surface area contributed by atoms with E-state index in [9.17, 15) is 24.3 Å². The number of ether oxygens (including phenoxy) is 1. The number of carboxylic acid groups (broad SMARTS) is 1. The quantitative estimate of drug-likeness (QED) is 0.124. The van der Waals surface area contributed by atoms with E-state index in [1.54, 1.807) is 48.5 Å². The van der Waals surface area contributed by atoms with Crippen molar-refractivity contribution < 1.29 is 29.0 Å². The van der Waals surface area contributed by atoms with Crippen LogP contribution in [0.1, 0.15) is 29.5 Å². The molecule has 11 N–H and O–H groups in total. The summed E-state index contributed by atoms with van der Waals surface area (Å²) in [6.07, 6.45) is -1.90. The first-order valence-electron chi connectivity index (χ1n) is 11.7. The van der Waals surface area contributed by atoms with E-state index in [4.69, 9.17) is 22.6 Å². The lowest BCUT2D eigenvalue weighted by atomic mass is 9.84. The highest BCUT2D eigenvalue weighted by molar-refractivity contribution is 5.95. The Morgan fingerprint density at radius 1 is 1.03 bits per heavy atom. The Hall–Kier alpha value is -5.14. The molecule has 0 aliphatic rings. The third kappa shape index (κ3) is 9.68. The molecule has 208 valence electrons. The topological polar surface area (TPSA) is 248 Å². The highest BCUT2D eigenvalue weighted by atomic mass is 16.5. The second-order valence-electron chi connectivity index (χ2n) is 8.55. The standard InChI is InChI=1S/C25H32N8O6/c1-39-24(38)33-25(10-9-20(35)36,12-16-3-2-4-17(11-16)21(26)27)22(37)31-14-19(34)30-13-15-5-7-18(8-6-15)32-23(28)29/h2-8,11H,9-10,12-14H2,1H3,(H3,26,27)(H,30,34)(H,31,37)(H,33,38)(H,35,36)(H4,28,29,32)/t25-/m1/s1. The molecule has 14 heteroatoms. The summed E-state index contributed by atoms with van der Waals surface area (Å²) in [5.74, 6) is -2.81. The number of amides is 3. The molecule has 14 nitrogen and oxygen atoms in total. The summed E-state index contributed by atoms with van der Waals surface area (Å²) in [7, 11) is 1.10. The van der Waals surface area contributed by atoms with Gasteiger partial charge in [0.1, 0.15) is 11.4 Å². The van der Waals surface area contributed by atoms with Gasteiger partial charge in [0.15, 0.2) is 5.96 Å². The van der Waals surface area contributed by atoms with Crippen LogP contribution in [-0.4, -0.2) is 60.0 Å². The van der Waals surface area contributed by atoms with Crippen LogP contribution < -0.4 is 33.2 Å². The van der Waals surface area contributed by atoms with Crippen LogP contribution in [0.3, 0.4) is 0 Å². The van der Waals surface area contributed by atoms with E-state index >= 15 is 0 Å². The highest BCUT2D eigenvalue weighted by Crippen LogP contribution is 2.22. The third-order valence-electron chi connectivity index (χ3n) is 5.56. The fourth-order valence-corrected chi connectivity index (χ4v) is 3.64. The summed E-state index contributed by atoms with van der Waals surface area (Å²) in [5.41, 5.74) is 16.6. The van der Waals surface area contributed by atoms with Gasteiger partial charge in [0.25, 0.3) is 0 Å². The molecule has 1 atom stereocenters. The maximum atomic E-state index is 13.4.